The average Bonchev–Trinajstić information content (AvgIpc) is 2.43. The second kappa shape index (κ2) is 5.77. The van der Waals surface area contributed by atoms with Crippen LogP contribution < -0.4 is 5.32 Å². The number of nitrogens with one attached hydrogen (secondary N) is 1. The van der Waals surface area contributed by atoms with Crippen molar-refractivity contribution in [3.8, 4) is 0 Å². The molecule has 0 aliphatic carbocycles. The zero-order chi connectivity index (χ0) is 15.6. The van der Waals surface area contributed by atoms with Gasteiger partial charge in [0.1, 0.15) is 0 Å². The maximum Gasteiger partial charge on any atom is 0.310 e. The first-order valence-corrected chi connectivity index (χ1v) is 6.91. The normalized spacial score (nSPS) is 17.4. The van der Waals surface area contributed by atoms with Crippen molar-refractivity contribution in [2.75, 3.05) is 13.1 Å². The molecular weight excluding hydrogens is 274 g/mol. The molecule has 21 heavy (non-hydrogen) atoms. The fourth-order valence-electron chi connectivity index (χ4n) is 2.92. The smallest absolute Gasteiger partial charge is 0.310 e. The summed E-state index contributed by atoms with van der Waals surface area (Å²) in [5.41, 5.74) is 0.632. The Morgan fingerprint density at radius 1 is 1.48 bits per heavy atom. The predicted octanol–water partition coefficient (Wildman–Crippen LogP) is 1.60. The number of rotatable bonds is 4. The van der Waals surface area contributed by atoms with E-state index < -0.39 is 16.3 Å². The maximum atomic E-state index is 11.7. The summed E-state index contributed by atoms with van der Waals surface area (Å²) in [4.78, 5) is 26.7. The number of pyridine rings is 1. The van der Waals surface area contributed by atoms with Crippen LogP contribution in [0.4, 0.5) is 5.69 Å². The number of carboxylic acids is 1. The van der Waals surface area contributed by atoms with Crippen molar-refractivity contribution in [3.05, 3.63) is 33.1 Å². The summed E-state index contributed by atoms with van der Waals surface area (Å²) >= 11 is 0. The van der Waals surface area contributed by atoms with Crippen LogP contribution in [-0.2, 0) is 11.2 Å². The lowest BCUT2D eigenvalue weighted by atomic mass is 9.74. The number of carbonyl (C=O) groups is 1. The van der Waals surface area contributed by atoms with Gasteiger partial charge in [-0.3, -0.25) is 19.9 Å². The van der Waals surface area contributed by atoms with E-state index in [1.807, 2.05) is 0 Å². The molecule has 7 nitrogen and oxygen atoms in total. The summed E-state index contributed by atoms with van der Waals surface area (Å²) in [6.45, 7) is 4.56. The summed E-state index contributed by atoms with van der Waals surface area (Å²) in [6.07, 6.45) is 2.70. The third-order valence-corrected chi connectivity index (χ3v) is 4.28. The number of nitrogens with zero attached hydrogens (tertiary/aromatic N) is 2. The molecular formula is C14H19N3O4. The lowest BCUT2D eigenvalue weighted by Gasteiger charge is -2.33. The second-order valence-corrected chi connectivity index (χ2v) is 5.63. The lowest BCUT2D eigenvalue weighted by Crippen LogP contribution is -2.43. The highest BCUT2D eigenvalue weighted by atomic mass is 16.6. The molecule has 1 aliphatic rings. The Labute approximate surface area is 122 Å². The van der Waals surface area contributed by atoms with Gasteiger partial charge in [-0.2, -0.15) is 0 Å². The Balaban J connectivity index is 2.40. The van der Waals surface area contributed by atoms with Crippen LogP contribution in [0.5, 0.6) is 0 Å². The summed E-state index contributed by atoms with van der Waals surface area (Å²) in [5, 5.41) is 23.9. The van der Waals surface area contributed by atoms with Gasteiger partial charge in [-0.1, -0.05) is 0 Å². The molecule has 1 saturated heterocycles. The van der Waals surface area contributed by atoms with Gasteiger partial charge < -0.3 is 10.4 Å². The summed E-state index contributed by atoms with van der Waals surface area (Å²) in [6, 6.07) is 0. The number of hydrogen-bond acceptors (Lipinski definition) is 5. The van der Waals surface area contributed by atoms with E-state index in [9.17, 15) is 20.0 Å². The molecule has 0 saturated carbocycles. The molecule has 0 radical (unpaired) electrons. The van der Waals surface area contributed by atoms with Gasteiger partial charge in [-0.05, 0) is 39.8 Å². The molecule has 0 amide bonds. The van der Waals surface area contributed by atoms with E-state index in [1.165, 1.54) is 6.20 Å². The van der Waals surface area contributed by atoms with Crippen molar-refractivity contribution in [2.24, 2.45) is 5.41 Å². The number of aliphatic carboxylic acids is 1. The van der Waals surface area contributed by atoms with Gasteiger partial charge in [0.15, 0.2) is 0 Å². The van der Waals surface area contributed by atoms with E-state index in [0.29, 0.717) is 42.8 Å². The minimum atomic E-state index is -0.883. The molecule has 2 heterocycles. The number of carboxylic acid groups (broad SMARTS) is 1. The number of aryl methyl sites for hydroxylation is 1. The Kier molecular flexibility index (Phi) is 4.22. The van der Waals surface area contributed by atoms with Crippen molar-refractivity contribution in [1.29, 1.82) is 0 Å². The molecule has 2 N–H and O–H groups in total. The van der Waals surface area contributed by atoms with Gasteiger partial charge in [0.2, 0.25) is 0 Å². The maximum absolute atomic E-state index is 11.7. The van der Waals surface area contributed by atoms with E-state index in [0.717, 1.165) is 0 Å². The van der Waals surface area contributed by atoms with Crippen molar-refractivity contribution in [3.63, 3.8) is 0 Å². The first kappa shape index (κ1) is 15.4. The molecule has 114 valence electrons. The minimum absolute atomic E-state index is 0.0365. The second-order valence-electron chi connectivity index (χ2n) is 5.63. The van der Waals surface area contributed by atoms with Crippen LogP contribution in [0.1, 0.15) is 29.7 Å². The molecule has 0 spiro atoms. The highest BCUT2D eigenvalue weighted by Gasteiger charge is 2.41. The molecule has 1 aliphatic heterocycles. The highest BCUT2D eigenvalue weighted by Crippen LogP contribution is 2.35. The van der Waals surface area contributed by atoms with Gasteiger partial charge in [-0.25, -0.2) is 0 Å². The van der Waals surface area contributed by atoms with E-state index in [1.54, 1.807) is 13.8 Å². The predicted molar refractivity (Wildman–Crippen MR) is 76.2 cm³/mol. The average molecular weight is 293 g/mol. The van der Waals surface area contributed by atoms with E-state index in [4.69, 9.17) is 0 Å². The van der Waals surface area contributed by atoms with Crippen LogP contribution >= 0.6 is 0 Å². The SMILES string of the molecule is Cc1cnc(CC2(C(=O)O)CCNCC2)c(C)c1[N+](=O)[O-]. The van der Waals surface area contributed by atoms with Crippen LogP contribution in [0, 0.1) is 29.4 Å². The van der Waals surface area contributed by atoms with Crippen molar-refractivity contribution in [2.45, 2.75) is 33.1 Å². The Morgan fingerprint density at radius 3 is 2.62 bits per heavy atom. The molecule has 1 fully saturated rings. The van der Waals surface area contributed by atoms with Crippen molar-refractivity contribution >= 4 is 11.7 Å². The first-order chi connectivity index (χ1) is 9.87. The fourth-order valence-corrected chi connectivity index (χ4v) is 2.92. The van der Waals surface area contributed by atoms with E-state index >= 15 is 0 Å². The molecule has 0 aromatic carbocycles. The lowest BCUT2D eigenvalue weighted by molar-refractivity contribution is -0.386. The minimum Gasteiger partial charge on any atom is -0.481 e. The van der Waals surface area contributed by atoms with Gasteiger partial charge in [0.25, 0.3) is 5.69 Å². The molecule has 0 bridgehead atoms. The summed E-state index contributed by atoms with van der Waals surface area (Å²) in [5.74, 6) is -0.853. The van der Waals surface area contributed by atoms with Crippen LogP contribution in [0.3, 0.4) is 0 Å². The van der Waals surface area contributed by atoms with Gasteiger partial charge >= 0.3 is 5.97 Å². The van der Waals surface area contributed by atoms with Crippen molar-refractivity contribution in [1.82, 2.24) is 10.3 Å². The highest BCUT2D eigenvalue weighted by molar-refractivity contribution is 5.75. The number of hydrogen-bond donors (Lipinski definition) is 2. The van der Waals surface area contributed by atoms with Gasteiger partial charge in [-0.15, -0.1) is 0 Å². The monoisotopic (exact) mass is 293 g/mol. The first-order valence-electron chi connectivity index (χ1n) is 6.91. The number of aromatic nitrogens is 1. The Morgan fingerprint density at radius 2 is 2.10 bits per heavy atom. The third-order valence-electron chi connectivity index (χ3n) is 4.28. The zero-order valence-electron chi connectivity index (χ0n) is 12.2. The molecule has 1 aromatic rings. The van der Waals surface area contributed by atoms with Gasteiger partial charge in [0.05, 0.1) is 16.0 Å². The number of piperidine rings is 1. The summed E-state index contributed by atoms with van der Waals surface area (Å²) in [7, 11) is 0. The summed E-state index contributed by atoms with van der Waals surface area (Å²) < 4.78 is 0. The molecule has 0 atom stereocenters. The molecule has 2 rings (SSSR count). The largest absolute Gasteiger partial charge is 0.481 e. The zero-order valence-corrected chi connectivity index (χ0v) is 12.2. The van der Waals surface area contributed by atoms with E-state index in [-0.39, 0.29) is 12.1 Å². The molecule has 7 heteroatoms. The van der Waals surface area contributed by atoms with E-state index in [2.05, 4.69) is 10.3 Å². The van der Waals surface area contributed by atoms with Crippen molar-refractivity contribution < 1.29 is 14.8 Å². The fraction of sp³-hybridized carbons (Fsp3) is 0.571. The van der Waals surface area contributed by atoms with Crippen LogP contribution in [-0.4, -0.2) is 34.1 Å². The number of nitro groups is 1. The molecule has 1 aromatic heterocycles. The Hall–Kier alpha value is -2.02. The molecule has 0 unspecified atom stereocenters. The van der Waals surface area contributed by atoms with Crippen LogP contribution in [0.15, 0.2) is 6.20 Å². The standard InChI is InChI=1S/C14H19N3O4/c1-9-8-16-11(10(2)12(9)17(20)21)7-14(13(18)19)3-5-15-6-4-14/h8,15H,3-7H2,1-2H3,(H,18,19). The van der Waals surface area contributed by atoms with Crippen LogP contribution in [0.25, 0.3) is 0 Å². The third kappa shape index (κ3) is 2.87. The topological polar surface area (TPSA) is 105 Å². The Bertz CT molecular complexity index is 580. The van der Waals surface area contributed by atoms with Gasteiger partial charge in [0, 0.05) is 23.7 Å². The quantitative estimate of drug-likeness (QED) is 0.645. The van der Waals surface area contributed by atoms with Crippen LogP contribution in [0.2, 0.25) is 0 Å².